The Bertz CT molecular complexity index is 1460. The van der Waals surface area contributed by atoms with Gasteiger partial charge < -0.3 is 10.0 Å². The Kier molecular flexibility index (Phi) is 7.91. The standard InChI is InChI=1S/C32H32N2O4/c1-21-17-22(2)19-26(18-21)30(35)33(4)29(20-24-11-6-5-7-12-24)31(36)34(23(3)32(37)38)28-16-10-14-25-13-8-9-15-27(25)28/h5-19,23,29H,20H2,1-4H3,(H,37,38)/t23-,29-/m0/s1. The Labute approximate surface area is 223 Å². The molecule has 1 N–H and O–H groups in total. The summed E-state index contributed by atoms with van der Waals surface area (Å²) in [5.41, 5.74) is 3.74. The molecule has 0 aliphatic heterocycles. The van der Waals surface area contributed by atoms with Gasteiger partial charge in [-0.1, -0.05) is 83.9 Å². The summed E-state index contributed by atoms with van der Waals surface area (Å²) in [5.74, 6) is -1.89. The first-order valence-corrected chi connectivity index (χ1v) is 12.6. The molecule has 0 fully saturated rings. The van der Waals surface area contributed by atoms with Crippen molar-refractivity contribution < 1.29 is 19.5 Å². The second-order valence-electron chi connectivity index (χ2n) is 9.72. The van der Waals surface area contributed by atoms with Gasteiger partial charge in [0.05, 0.1) is 5.69 Å². The van der Waals surface area contributed by atoms with Crippen LogP contribution in [-0.2, 0) is 16.0 Å². The number of carbonyl (C=O) groups is 3. The number of aliphatic carboxylic acids is 1. The SMILES string of the molecule is Cc1cc(C)cc(C(=O)N(C)[C@@H](Cc2ccccc2)C(=O)N(c2cccc3ccccc23)[C@@H](C)C(=O)O)c1. The van der Waals surface area contributed by atoms with Crippen molar-refractivity contribution in [1.29, 1.82) is 0 Å². The van der Waals surface area contributed by atoms with Gasteiger partial charge in [-0.2, -0.15) is 0 Å². The molecule has 4 aromatic carbocycles. The third-order valence-corrected chi connectivity index (χ3v) is 6.82. The summed E-state index contributed by atoms with van der Waals surface area (Å²) in [5, 5.41) is 11.7. The van der Waals surface area contributed by atoms with E-state index in [2.05, 4.69) is 0 Å². The fourth-order valence-electron chi connectivity index (χ4n) is 4.88. The summed E-state index contributed by atoms with van der Waals surface area (Å²) in [6, 6.07) is 26.0. The molecule has 0 spiro atoms. The van der Waals surface area contributed by atoms with Gasteiger partial charge in [0.1, 0.15) is 12.1 Å². The Balaban J connectivity index is 1.83. The van der Waals surface area contributed by atoms with Gasteiger partial charge >= 0.3 is 5.97 Å². The Morgan fingerprint density at radius 2 is 1.42 bits per heavy atom. The number of benzene rings is 4. The van der Waals surface area contributed by atoms with Crippen LogP contribution < -0.4 is 4.90 Å². The average molecular weight is 509 g/mol. The Morgan fingerprint density at radius 1 is 0.816 bits per heavy atom. The molecule has 4 aromatic rings. The summed E-state index contributed by atoms with van der Waals surface area (Å²) in [7, 11) is 1.61. The highest BCUT2D eigenvalue weighted by Gasteiger charge is 2.37. The van der Waals surface area contributed by atoms with Gasteiger partial charge in [-0.25, -0.2) is 4.79 Å². The van der Waals surface area contributed by atoms with E-state index in [1.54, 1.807) is 25.2 Å². The maximum atomic E-state index is 14.4. The summed E-state index contributed by atoms with van der Waals surface area (Å²) < 4.78 is 0. The summed E-state index contributed by atoms with van der Waals surface area (Å²) in [6.07, 6.45) is 0.236. The third-order valence-electron chi connectivity index (χ3n) is 6.82. The van der Waals surface area contributed by atoms with Crippen LogP contribution in [0.5, 0.6) is 0 Å². The fraction of sp³-hybridized carbons (Fsp3) is 0.219. The number of amides is 2. The number of carboxylic acid groups (broad SMARTS) is 1. The monoisotopic (exact) mass is 508 g/mol. The molecule has 194 valence electrons. The van der Waals surface area contributed by atoms with Crippen molar-refractivity contribution in [2.45, 2.75) is 39.3 Å². The number of carboxylic acids is 1. The predicted molar refractivity (Wildman–Crippen MR) is 150 cm³/mol. The predicted octanol–water partition coefficient (Wildman–Crippen LogP) is 5.65. The number of nitrogens with zero attached hydrogens (tertiary/aromatic N) is 2. The van der Waals surface area contributed by atoms with Crippen LogP contribution in [-0.4, -0.2) is 46.9 Å². The van der Waals surface area contributed by atoms with E-state index in [-0.39, 0.29) is 12.3 Å². The zero-order chi connectivity index (χ0) is 27.4. The summed E-state index contributed by atoms with van der Waals surface area (Å²) >= 11 is 0. The van der Waals surface area contributed by atoms with Crippen LogP contribution in [0.15, 0.2) is 91.0 Å². The number of anilines is 1. The van der Waals surface area contributed by atoms with Gasteiger partial charge in [0, 0.05) is 24.4 Å². The molecule has 0 aliphatic rings. The fourth-order valence-corrected chi connectivity index (χ4v) is 4.88. The quantitative estimate of drug-likeness (QED) is 0.334. The van der Waals surface area contributed by atoms with E-state index in [0.717, 1.165) is 27.5 Å². The first-order valence-electron chi connectivity index (χ1n) is 12.6. The van der Waals surface area contributed by atoms with E-state index in [0.29, 0.717) is 11.3 Å². The number of likely N-dealkylation sites (N-methyl/N-ethyl adjacent to an activating group) is 1. The molecule has 0 saturated heterocycles. The average Bonchev–Trinajstić information content (AvgIpc) is 2.91. The van der Waals surface area contributed by atoms with E-state index < -0.39 is 24.0 Å². The van der Waals surface area contributed by atoms with Crippen molar-refractivity contribution in [3.63, 3.8) is 0 Å². The van der Waals surface area contributed by atoms with Gasteiger partial charge in [-0.3, -0.25) is 14.5 Å². The first kappa shape index (κ1) is 26.6. The lowest BCUT2D eigenvalue weighted by Gasteiger charge is -2.35. The van der Waals surface area contributed by atoms with E-state index in [9.17, 15) is 19.5 Å². The highest BCUT2D eigenvalue weighted by atomic mass is 16.4. The van der Waals surface area contributed by atoms with Crippen molar-refractivity contribution in [3.05, 3.63) is 113 Å². The second kappa shape index (κ2) is 11.3. The van der Waals surface area contributed by atoms with Crippen LogP contribution in [0.4, 0.5) is 5.69 Å². The molecule has 2 amide bonds. The number of hydrogen-bond acceptors (Lipinski definition) is 3. The van der Waals surface area contributed by atoms with Crippen LogP contribution in [0.1, 0.15) is 34.0 Å². The highest BCUT2D eigenvalue weighted by Crippen LogP contribution is 2.30. The van der Waals surface area contributed by atoms with Crippen LogP contribution in [0.3, 0.4) is 0 Å². The molecular weight excluding hydrogens is 476 g/mol. The molecule has 0 aliphatic carbocycles. The minimum atomic E-state index is -1.16. The molecule has 0 heterocycles. The zero-order valence-corrected chi connectivity index (χ0v) is 22.1. The lowest BCUT2D eigenvalue weighted by atomic mass is 9.99. The van der Waals surface area contributed by atoms with Crippen molar-refractivity contribution in [2.75, 3.05) is 11.9 Å². The van der Waals surface area contributed by atoms with Crippen LogP contribution in [0, 0.1) is 13.8 Å². The lowest BCUT2D eigenvalue weighted by Crippen LogP contribution is -2.54. The molecule has 2 atom stereocenters. The van der Waals surface area contributed by atoms with Crippen molar-refractivity contribution in [3.8, 4) is 0 Å². The van der Waals surface area contributed by atoms with Gasteiger partial charge in [-0.15, -0.1) is 0 Å². The number of fused-ring (bicyclic) bond motifs is 1. The number of carbonyl (C=O) groups excluding carboxylic acids is 2. The summed E-state index contributed by atoms with van der Waals surface area (Å²) in [4.78, 5) is 43.1. The molecule has 4 rings (SSSR count). The Morgan fingerprint density at radius 3 is 2.08 bits per heavy atom. The van der Waals surface area contributed by atoms with Crippen LogP contribution >= 0.6 is 0 Å². The van der Waals surface area contributed by atoms with Crippen LogP contribution in [0.25, 0.3) is 10.8 Å². The smallest absolute Gasteiger partial charge is 0.326 e. The van der Waals surface area contributed by atoms with E-state index in [1.807, 2.05) is 86.6 Å². The molecule has 0 bridgehead atoms. The van der Waals surface area contributed by atoms with Crippen molar-refractivity contribution >= 4 is 34.2 Å². The van der Waals surface area contributed by atoms with Gasteiger partial charge in [-0.05, 0) is 49.9 Å². The molecule has 0 aromatic heterocycles. The number of rotatable bonds is 8. The molecule has 0 radical (unpaired) electrons. The maximum Gasteiger partial charge on any atom is 0.326 e. The van der Waals surface area contributed by atoms with Crippen molar-refractivity contribution in [1.82, 2.24) is 4.90 Å². The molecule has 38 heavy (non-hydrogen) atoms. The molecule has 0 unspecified atom stereocenters. The second-order valence-corrected chi connectivity index (χ2v) is 9.72. The molecule has 0 saturated carbocycles. The molecule has 6 heteroatoms. The topological polar surface area (TPSA) is 77.9 Å². The van der Waals surface area contributed by atoms with Gasteiger partial charge in [0.15, 0.2) is 0 Å². The first-order chi connectivity index (χ1) is 18.2. The number of aryl methyl sites for hydroxylation is 2. The summed E-state index contributed by atoms with van der Waals surface area (Å²) in [6.45, 7) is 5.34. The van der Waals surface area contributed by atoms with Crippen LogP contribution in [0.2, 0.25) is 0 Å². The lowest BCUT2D eigenvalue weighted by molar-refractivity contribution is -0.140. The normalized spacial score (nSPS) is 12.5. The maximum absolute atomic E-state index is 14.4. The minimum absolute atomic E-state index is 0.236. The van der Waals surface area contributed by atoms with E-state index >= 15 is 0 Å². The van der Waals surface area contributed by atoms with Gasteiger partial charge in [0.2, 0.25) is 0 Å². The number of hydrogen-bond donors (Lipinski definition) is 1. The minimum Gasteiger partial charge on any atom is -0.480 e. The van der Waals surface area contributed by atoms with Gasteiger partial charge in [0.25, 0.3) is 11.8 Å². The third kappa shape index (κ3) is 5.59. The molecular formula is C32H32N2O4. The largest absolute Gasteiger partial charge is 0.480 e. The van der Waals surface area contributed by atoms with Crippen molar-refractivity contribution in [2.24, 2.45) is 0 Å². The zero-order valence-electron chi connectivity index (χ0n) is 22.1. The van der Waals surface area contributed by atoms with E-state index in [4.69, 9.17) is 0 Å². The Hall–Kier alpha value is -4.45. The van der Waals surface area contributed by atoms with E-state index in [1.165, 1.54) is 16.7 Å². The highest BCUT2D eigenvalue weighted by molar-refractivity contribution is 6.10. The molecule has 6 nitrogen and oxygen atoms in total.